The van der Waals surface area contributed by atoms with Crippen LogP contribution in [0.3, 0.4) is 0 Å². The van der Waals surface area contributed by atoms with E-state index in [2.05, 4.69) is 19.9 Å². The Morgan fingerprint density at radius 2 is 1.68 bits per heavy atom. The van der Waals surface area contributed by atoms with Gasteiger partial charge < -0.3 is 16.4 Å². The van der Waals surface area contributed by atoms with Crippen LogP contribution in [0.15, 0.2) is 18.5 Å². The van der Waals surface area contributed by atoms with Crippen LogP contribution in [0.1, 0.15) is 24.0 Å². The predicted molar refractivity (Wildman–Crippen MR) is 90.6 cm³/mol. The highest BCUT2D eigenvalue weighted by Gasteiger charge is 2.31. The van der Waals surface area contributed by atoms with Crippen molar-refractivity contribution in [2.24, 2.45) is 0 Å². The van der Waals surface area contributed by atoms with E-state index < -0.39 is 11.7 Å². The fraction of sp³-hybridized carbons (Fsp3) is 0.438. The first-order chi connectivity index (χ1) is 11.7. The number of anilines is 2. The highest BCUT2D eigenvalue weighted by atomic mass is 19.4. The summed E-state index contributed by atoms with van der Waals surface area (Å²) in [5.41, 5.74) is 11.8. The van der Waals surface area contributed by atoms with Gasteiger partial charge in [-0.2, -0.15) is 13.2 Å². The number of hydrogen-bond donors (Lipinski definition) is 2. The summed E-state index contributed by atoms with van der Waals surface area (Å²) >= 11 is 0. The van der Waals surface area contributed by atoms with Gasteiger partial charge in [0.1, 0.15) is 11.6 Å². The summed E-state index contributed by atoms with van der Waals surface area (Å²) in [6.07, 6.45) is -0.0553. The Bertz CT molecular complexity index is 707. The Kier molecular flexibility index (Phi) is 5.78. The zero-order chi connectivity index (χ0) is 18.6. The average molecular weight is 354 g/mol. The molecule has 0 unspecified atom stereocenters. The van der Waals surface area contributed by atoms with Crippen molar-refractivity contribution in [1.29, 1.82) is 0 Å². The van der Waals surface area contributed by atoms with Crippen LogP contribution in [-0.4, -0.2) is 40.5 Å². The first-order valence-corrected chi connectivity index (χ1v) is 7.77. The Morgan fingerprint density at radius 3 is 2.24 bits per heavy atom. The quantitative estimate of drug-likeness (QED) is 0.775. The number of unbranched alkanes of at least 4 members (excludes halogenated alkanes) is 1. The Balaban J connectivity index is 2.22. The zero-order valence-electron chi connectivity index (χ0n) is 14.1. The van der Waals surface area contributed by atoms with E-state index in [0.717, 1.165) is 31.6 Å². The summed E-state index contributed by atoms with van der Waals surface area (Å²) in [7, 11) is 3.98. The van der Waals surface area contributed by atoms with E-state index in [0.29, 0.717) is 12.0 Å². The predicted octanol–water partition coefficient (Wildman–Crippen LogP) is 2.61. The van der Waals surface area contributed by atoms with Crippen LogP contribution in [0.4, 0.5) is 24.8 Å². The molecule has 2 aromatic heterocycles. The standard InChI is InChI=1S/C16H21F3N6/c1-25(2)6-4-3-5-12-13(20)23-15(24-14(12)21)10-7-11(9-22-8-10)16(17,18)19/h7-9H,3-6H2,1-2H3,(H4,20,21,23,24). The second-order valence-electron chi connectivity index (χ2n) is 6.02. The molecule has 0 aliphatic rings. The minimum Gasteiger partial charge on any atom is -0.383 e. The van der Waals surface area contributed by atoms with Crippen LogP contribution in [-0.2, 0) is 12.6 Å². The molecule has 0 radical (unpaired) electrons. The summed E-state index contributed by atoms with van der Waals surface area (Å²) in [4.78, 5) is 13.9. The first kappa shape index (κ1) is 18.9. The van der Waals surface area contributed by atoms with E-state index in [1.54, 1.807) is 0 Å². The van der Waals surface area contributed by atoms with Gasteiger partial charge in [-0.1, -0.05) is 0 Å². The summed E-state index contributed by atoms with van der Waals surface area (Å²) in [5.74, 6) is 0.403. The summed E-state index contributed by atoms with van der Waals surface area (Å²) in [6, 6.07) is 0.929. The molecule has 2 rings (SSSR count). The molecule has 9 heteroatoms. The smallest absolute Gasteiger partial charge is 0.383 e. The van der Waals surface area contributed by atoms with E-state index in [-0.39, 0.29) is 23.0 Å². The van der Waals surface area contributed by atoms with Crippen molar-refractivity contribution in [2.45, 2.75) is 25.4 Å². The first-order valence-electron chi connectivity index (χ1n) is 7.77. The highest BCUT2D eigenvalue weighted by molar-refractivity contribution is 5.63. The maximum atomic E-state index is 12.8. The summed E-state index contributed by atoms with van der Waals surface area (Å²) < 4.78 is 38.4. The third kappa shape index (κ3) is 5.02. The lowest BCUT2D eigenvalue weighted by atomic mass is 10.1. The molecule has 2 heterocycles. The third-order valence-electron chi connectivity index (χ3n) is 3.68. The molecule has 0 aliphatic heterocycles. The maximum Gasteiger partial charge on any atom is 0.417 e. The number of nitrogens with two attached hydrogens (primary N) is 2. The lowest BCUT2D eigenvalue weighted by molar-refractivity contribution is -0.137. The average Bonchev–Trinajstić information content (AvgIpc) is 2.52. The van der Waals surface area contributed by atoms with Gasteiger partial charge >= 0.3 is 6.18 Å². The monoisotopic (exact) mass is 354 g/mol. The SMILES string of the molecule is CN(C)CCCCc1c(N)nc(-c2cncc(C(F)(F)F)c2)nc1N. The van der Waals surface area contributed by atoms with Crippen molar-refractivity contribution in [1.82, 2.24) is 19.9 Å². The van der Waals surface area contributed by atoms with Gasteiger partial charge in [0.05, 0.1) is 5.56 Å². The molecule has 4 N–H and O–H groups in total. The largest absolute Gasteiger partial charge is 0.417 e. The molecule has 6 nitrogen and oxygen atoms in total. The zero-order valence-corrected chi connectivity index (χ0v) is 14.1. The maximum absolute atomic E-state index is 12.8. The van der Waals surface area contributed by atoms with Gasteiger partial charge in [-0.3, -0.25) is 4.98 Å². The molecule has 0 fully saturated rings. The molecule has 0 saturated carbocycles. The van der Waals surface area contributed by atoms with Crippen molar-refractivity contribution in [3.05, 3.63) is 29.6 Å². The second-order valence-corrected chi connectivity index (χ2v) is 6.02. The van der Waals surface area contributed by atoms with E-state index >= 15 is 0 Å². The van der Waals surface area contributed by atoms with Crippen molar-refractivity contribution in [3.63, 3.8) is 0 Å². The van der Waals surface area contributed by atoms with E-state index in [1.165, 1.54) is 6.20 Å². The number of hydrogen-bond acceptors (Lipinski definition) is 6. The number of halogens is 3. The molecule has 0 spiro atoms. The van der Waals surface area contributed by atoms with Gasteiger partial charge in [-0.25, -0.2) is 9.97 Å². The van der Waals surface area contributed by atoms with Crippen LogP contribution in [0.25, 0.3) is 11.4 Å². The van der Waals surface area contributed by atoms with E-state index in [1.807, 2.05) is 14.1 Å². The van der Waals surface area contributed by atoms with Crippen LogP contribution < -0.4 is 11.5 Å². The second kappa shape index (κ2) is 7.64. The van der Waals surface area contributed by atoms with Crippen molar-refractivity contribution in [2.75, 3.05) is 32.1 Å². The van der Waals surface area contributed by atoms with Gasteiger partial charge in [0.25, 0.3) is 0 Å². The van der Waals surface area contributed by atoms with Gasteiger partial charge in [-0.15, -0.1) is 0 Å². The van der Waals surface area contributed by atoms with Crippen molar-refractivity contribution < 1.29 is 13.2 Å². The molecule has 25 heavy (non-hydrogen) atoms. The molecule has 136 valence electrons. The van der Waals surface area contributed by atoms with E-state index in [4.69, 9.17) is 11.5 Å². The molecule has 2 aromatic rings. The number of rotatable bonds is 6. The van der Waals surface area contributed by atoms with Crippen LogP contribution >= 0.6 is 0 Å². The Morgan fingerprint density at radius 1 is 1.04 bits per heavy atom. The summed E-state index contributed by atoms with van der Waals surface area (Å²) in [5, 5.41) is 0. The number of pyridine rings is 1. The molecule has 0 amide bonds. The van der Waals surface area contributed by atoms with Crippen LogP contribution in [0, 0.1) is 0 Å². The van der Waals surface area contributed by atoms with Gasteiger partial charge in [-0.05, 0) is 46.0 Å². The molecular weight excluding hydrogens is 333 g/mol. The lowest BCUT2D eigenvalue weighted by Crippen LogP contribution is -2.13. The normalized spacial score (nSPS) is 11.9. The van der Waals surface area contributed by atoms with E-state index in [9.17, 15) is 13.2 Å². The Labute approximate surface area is 144 Å². The molecule has 0 atom stereocenters. The molecule has 0 aliphatic carbocycles. The minimum absolute atomic E-state index is 0.0330. The van der Waals surface area contributed by atoms with Gasteiger partial charge in [0, 0.05) is 23.5 Å². The molecule has 0 aromatic carbocycles. The minimum atomic E-state index is -4.49. The van der Waals surface area contributed by atoms with Gasteiger partial charge in [0.2, 0.25) is 0 Å². The highest BCUT2D eigenvalue weighted by Crippen LogP contribution is 2.31. The molecule has 0 saturated heterocycles. The number of nitrogen functional groups attached to an aromatic ring is 2. The fourth-order valence-corrected chi connectivity index (χ4v) is 2.35. The lowest BCUT2D eigenvalue weighted by Gasteiger charge is -2.12. The van der Waals surface area contributed by atoms with Crippen LogP contribution in [0.2, 0.25) is 0 Å². The molecule has 0 bridgehead atoms. The van der Waals surface area contributed by atoms with Crippen molar-refractivity contribution in [3.8, 4) is 11.4 Å². The van der Waals surface area contributed by atoms with Crippen LogP contribution in [0.5, 0.6) is 0 Å². The third-order valence-corrected chi connectivity index (χ3v) is 3.68. The van der Waals surface area contributed by atoms with Gasteiger partial charge in [0.15, 0.2) is 5.82 Å². The van der Waals surface area contributed by atoms with Crippen molar-refractivity contribution >= 4 is 11.6 Å². The number of alkyl halides is 3. The molecular formula is C16H21F3N6. The Hall–Kier alpha value is -2.42. The number of aromatic nitrogens is 3. The summed E-state index contributed by atoms with van der Waals surface area (Å²) in [6.45, 7) is 0.939. The number of nitrogens with zero attached hydrogens (tertiary/aromatic N) is 4. The topological polar surface area (TPSA) is 94.0 Å². The fourth-order valence-electron chi connectivity index (χ4n) is 2.35.